The molecule has 0 aliphatic rings. The summed E-state index contributed by atoms with van der Waals surface area (Å²) in [6.07, 6.45) is 0. The number of hydrogen-bond acceptors (Lipinski definition) is 1. The van der Waals surface area contributed by atoms with Crippen molar-refractivity contribution in [3.05, 3.63) is 35.9 Å². The highest BCUT2D eigenvalue weighted by atomic mass is 35.6. The molecule has 0 heterocycles. The summed E-state index contributed by atoms with van der Waals surface area (Å²) in [5.41, 5.74) is 6.57. The lowest BCUT2D eigenvalue weighted by Crippen LogP contribution is -2.28. The summed E-state index contributed by atoms with van der Waals surface area (Å²) < 4.78 is -1.64. The molecule has 1 atom stereocenters. The van der Waals surface area contributed by atoms with Crippen molar-refractivity contribution in [2.45, 2.75) is 16.8 Å². The number of hydrogen-bond donors (Lipinski definition) is 1. The lowest BCUT2D eigenvalue weighted by molar-refractivity contribution is 0.815. The molecule has 15 heavy (non-hydrogen) atoms. The third kappa shape index (κ3) is 3.90. The van der Waals surface area contributed by atoms with Gasteiger partial charge in [-0.15, -0.1) is 0 Å². The molecule has 0 amide bonds. The zero-order valence-corrected chi connectivity index (χ0v) is 10.4. The Labute approximate surface area is 104 Å². The van der Waals surface area contributed by atoms with Crippen LogP contribution in [0.5, 0.6) is 0 Å². The third-order valence-corrected chi connectivity index (χ3v) is 2.49. The molecule has 0 radical (unpaired) electrons. The van der Waals surface area contributed by atoms with Gasteiger partial charge >= 0.3 is 0 Å². The van der Waals surface area contributed by atoms with E-state index in [9.17, 15) is 0 Å². The number of nitrogens with two attached hydrogens (primary N) is 1. The first-order chi connectivity index (χ1) is 6.91. The molecule has 0 bridgehead atoms. The average molecular weight is 266 g/mol. The van der Waals surface area contributed by atoms with Gasteiger partial charge in [-0.25, -0.2) is 0 Å². The second-order valence-corrected chi connectivity index (χ2v) is 5.38. The Morgan fingerprint density at radius 1 is 1.27 bits per heavy atom. The summed E-state index contributed by atoms with van der Waals surface area (Å²) in [7, 11) is 0. The predicted octanol–water partition coefficient (Wildman–Crippen LogP) is 3.48. The highest BCUT2D eigenvalue weighted by molar-refractivity contribution is 6.76. The van der Waals surface area contributed by atoms with Crippen LogP contribution in [0.1, 0.15) is 18.5 Å². The van der Waals surface area contributed by atoms with Crippen LogP contribution < -0.4 is 5.73 Å². The van der Waals surface area contributed by atoms with Gasteiger partial charge in [0.2, 0.25) is 3.79 Å². The maximum atomic E-state index is 5.59. The summed E-state index contributed by atoms with van der Waals surface area (Å²) in [5, 5.41) is 0. The molecule has 82 valence electrons. The topological polar surface area (TPSA) is 38.4 Å². The Morgan fingerprint density at radius 2 is 1.80 bits per heavy atom. The van der Waals surface area contributed by atoms with Gasteiger partial charge in [0.1, 0.15) is 5.84 Å². The average Bonchev–Trinajstić information content (AvgIpc) is 2.17. The van der Waals surface area contributed by atoms with E-state index in [-0.39, 0.29) is 11.9 Å². The van der Waals surface area contributed by atoms with Gasteiger partial charge in [0.25, 0.3) is 0 Å². The van der Waals surface area contributed by atoms with Crippen molar-refractivity contribution in [2.75, 3.05) is 0 Å². The summed E-state index contributed by atoms with van der Waals surface area (Å²) in [4.78, 5) is 4.12. The molecular weight excluding hydrogens is 254 g/mol. The Balaban J connectivity index is 2.84. The van der Waals surface area contributed by atoms with Crippen molar-refractivity contribution in [1.82, 2.24) is 0 Å². The van der Waals surface area contributed by atoms with Gasteiger partial charge in [-0.2, -0.15) is 0 Å². The molecule has 1 aromatic carbocycles. The fourth-order valence-electron chi connectivity index (χ4n) is 1.09. The second-order valence-electron chi connectivity index (χ2n) is 3.10. The third-order valence-electron chi connectivity index (χ3n) is 1.91. The zero-order valence-electron chi connectivity index (χ0n) is 8.12. The number of alkyl halides is 3. The summed E-state index contributed by atoms with van der Waals surface area (Å²) in [6, 6.07) is 9.54. The highest BCUT2D eigenvalue weighted by Crippen LogP contribution is 2.28. The lowest BCUT2D eigenvalue weighted by atomic mass is 10.1. The standard InChI is InChI=1S/C10H11Cl3N2/c1-7(8-5-3-2-4-6-8)15-9(14)10(11,12)13/h2-7H,1H3,(H2,14,15)/t7-/m0/s1. The molecule has 0 unspecified atom stereocenters. The monoisotopic (exact) mass is 264 g/mol. The van der Waals surface area contributed by atoms with Crippen LogP contribution in [-0.2, 0) is 0 Å². The normalized spacial score (nSPS) is 15.1. The van der Waals surface area contributed by atoms with Crippen LogP contribution in [0, 0.1) is 0 Å². The van der Waals surface area contributed by atoms with Gasteiger partial charge in [0.05, 0.1) is 6.04 Å². The minimum absolute atomic E-state index is 0.00357. The van der Waals surface area contributed by atoms with Crippen LogP contribution in [0.4, 0.5) is 0 Å². The van der Waals surface area contributed by atoms with E-state index in [1.165, 1.54) is 0 Å². The fourth-order valence-corrected chi connectivity index (χ4v) is 1.23. The molecule has 1 aromatic rings. The van der Waals surface area contributed by atoms with Crippen LogP contribution >= 0.6 is 34.8 Å². The molecule has 0 aliphatic heterocycles. The molecule has 0 saturated carbocycles. The lowest BCUT2D eigenvalue weighted by Gasteiger charge is -2.13. The zero-order chi connectivity index (χ0) is 11.5. The van der Waals surface area contributed by atoms with E-state index in [1.807, 2.05) is 37.3 Å². The van der Waals surface area contributed by atoms with Crippen molar-refractivity contribution >= 4 is 40.6 Å². The molecule has 1 rings (SSSR count). The summed E-state index contributed by atoms with van der Waals surface area (Å²) in [6.45, 7) is 1.89. The van der Waals surface area contributed by atoms with Crippen molar-refractivity contribution in [3.63, 3.8) is 0 Å². The van der Waals surface area contributed by atoms with Crippen LogP contribution in [-0.4, -0.2) is 9.63 Å². The predicted molar refractivity (Wildman–Crippen MR) is 66.8 cm³/mol. The number of aliphatic imine (C=N–C) groups is 1. The minimum atomic E-state index is -1.64. The molecule has 2 nitrogen and oxygen atoms in total. The van der Waals surface area contributed by atoms with Gasteiger partial charge in [0, 0.05) is 0 Å². The molecule has 0 saturated heterocycles. The first-order valence-electron chi connectivity index (χ1n) is 4.36. The fraction of sp³-hybridized carbons (Fsp3) is 0.300. The first kappa shape index (κ1) is 12.6. The van der Waals surface area contributed by atoms with E-state index in [4.69, 9.17) is 40.5 Å². The van der Waals surface area contributed by atoms with E-state index in [0.29, 0.717) is 0 Å². The highest BCUT2D eigenvalue weighted by Gasteiger charge is 2.25. The Morgan fingerprint density at radius 3 is 2.27 bits per heavy atom. The van der Waals surface area contributed by atoms with E-state index < -0.39 is 3.79 Å². The second kappa shape index (κ2) is 5.06. The molecule has 0 spiro atoms. The van der Waals surface area contributed by atoms with Crippen LogP contribution in [0.3, 0.4) is 0 Å². The quantitative estimate of drug-likeness (QED) is 0.496. The van der Waals surface area contributed by atoms with Crippen LogP contribution in [0.15, 0.2) is 35.3 Å². The van der Waals surface area contributed by atoms with Gasteiger partial charge < -0.3 is 5.73 Å². The van der Waals surface area contributed by atoms with Gasteiger partial charge in [0.15, 0.2) is 0 Å². The number of nitrogens with zero attached hydrogens (tertiary/aromatic N) is 1. The van der Waals surface area contributed by atoms with Crippen molar-refractivity contribution in [3.8, 4) is 0 Å². The Bertz CT molecular complexity index is 343. The summed E-state index contributed by atoms with van der Waals surface area (Å²) >= 11 is 16.8. The molecule has 2 N–H and O–H groups in total. The van der Waals surface area contributed by atoms with E-state index in [2.05, 4.69) is 4.99 Å². The maximum absolute atomic E-state index is 5.59. The largest absolute Gasteiger partial charge is 0.384 e. The number of benzene rings is 1. The first-order valence-corrected chi connectivity index (χ1v) is 5.50. The maximum Gasteiger partial charge on any atom is 0.247 e. The number of halogens is 3. The van der Waals surface area contributed by atoms with E-state index in [1.54, 1.807) is 0 Å². The minimum Gasteiger partial charge on any atom is -0.384 e. The Hall–Kier alpha value is -0.440. The number of rotatable bonds is 2. The van der Waals surface area contributed by atoms with Crippen LogP contribution in [0.25, 0.3) is 0 Å². The number of amidine groups is 1. The molecule has 0 aromatic heterocycles. The molecule has 0 fully saturated rings. The van der Waals surface area contributed by atoms with Crippen molar-refractivity contribution in [1.29, 1.82) is 0 Å². The smallest absolute Gasteiger partial charge is 0.247 e. The van der Waals surface area contributed by atoms with Crippen LogP contribution in [0.2, 0.25) is 0 Å². The van der Waals surface area contributed by atoms with E-state index >= 15 is 0 Å². The van der Waals surface area contributed by atoms with Gasteiger partial charge in [-0.1, -0.05) is 65.1 Å². The SMILES string of the molecule is C[C@H](N=C(N)C(Cl)(Cl)Cl)c1ccccc1. The Kier molecular flexibility index (Phi) is 4.26. The molecule has 0 aliphatic carbocycles. The molecule has 5 heteroatoms. The van der Waals surface area contributed by atoms with Crippen molar-refractivity contribution < 1.29 is 0 Å². The van der Waals surface area contributed by atoms with Gasteiger partial charge in [-0.3, -0.25) is 4.99 Å². The van der Waals surface area contributed by atoms with Gasteiger partial charge in [-0.05, 0) is 12.5 Å². The van der Waals surface area contributed by atoms with E-state index in [0.717, 1.165) is 5.56 Å². The molecular formula is C10H11Cl3N2. The summed E-state index contributed by atoms with van der Waals surface area (Å²) in [5.74, 6) is 0.00357. The van der Waals surface area contributed by atoms with Crippen molar-refractivity contribution in [2.24, 2.45) is 10.7 Å².